The number of nitrogens with one attached hydrogen (secondary N) is 1. The number of amides is 1. The summed E-state index contributed by atoms with van der Waals surface area (Å²) in [6.07, 6.45) is 2.21. The van der Waals surface area contributed by atoms with Gasteiger partial charge >= 0.3 is 0 Å². The number of nitrogens with zero attached hydrogens (tertiary/aromatic N) is 1. The van der Waals surface area contributed by atoms with Gasteiger partial charge in [0, 0.05) is 34.1 Å². The smallest absolute Gasteiger partial charge is 0.255 e. The Morgan fingerprint density at radius 1 is 1.15 bits per heavy atom. The van der Waals surface area contributed by atoms with E-state index >= 15 is 0 Å². The molecule has 1 heterocycles. The van der Waals surface area contributed by atoms with Crippen LogP contribution in [0, 0.1) is 0 Å². The number of ether oxygens (including phenoxy) is 1. The number of rotatable bonds is 5. The van der Waals surface area contributed by atoms with Crippen molar-refractivity contribution in [1.82, 2.24) is 0 Å². The molecule has 0 spiro atoms. The molecule has 1 fully saturated rings. The lowest BCUT2D eigenvalue weighted by molar-refractivity contribution is -0.929. The normalized spacial score (nSPS) is 15.1. The summed E-state index contributed by atoms with van der Waals surface area (Å²) in [5, 5.41) is 3.00. The van der Waals surface area contributed by atoms with Gasteiger partial charge in [0.25, 0.3) is 5.91 Å². The molecule has 1 aliphatic rings. The Labute approximate surface area is 187 Å². The van der Waals surface area contributed by atoms with Gasteiger partial charge in [0.05, 0.1) is 33.4 Å². The molecule has 3 rings (SSSR count). The minimum Gasteiger partial charge on any atom is -1.00 e. The maximum Gasteiger partial charge on any atom is 0.255 e. The van der Waals surface area contributed by atoms with Crippen molar-refractivity contribution >= 4 is 27.5 Å². The van der Waals surface area contributed by atoms with E-state index in [2.05, 4.69) is 47.5 Å². The third-order valence-corrected chi connectivity index (χ3v) is 5.53. The van der Waals surface area contributed by atoms with Crippen LogP contribution in [0.25, 0.3) is 0 Å². The van der Waals surface area contributed by atoms with E-state index in [1.807, 2.05) is 36.4 Å². The molecule has 27 heavy (non-hydrogen) atoms. The van der Waals surface area contributed by atoms with Crippen LogP contribution in [-0.2, 0) is 11.3 Å². The Bertz CT molecular complexity index is 776. The van der Waals surface area contributed by atoms with Gasteiger partial charge in [-0.1, -0.05) is 34.1 Å². The van der Waals surface area contributed by atoms with Gasteiger partial charge in [-0.15, -0.1) is 0 Å². The van der Waals surface area contributed by atoms with Crippen LogP contribution in [0.5, 0.6) is 0 Å². The minimum atomic E-state index is -0.0957. The van der Waals surface area contributed by atoms with Gasteiger partial charge in [-0.3, -0.25) is 4.79 Å². The number of carbonyl (C=O) groups excluding carboxylic acids is 1. The molecule has 1 amide bonds. The fraction of sp³-hybridized carbons (Fsp3) is 0.381. The Balaban J connectivity index is 0.00000261. The zero-order valence-electron chi connectivity index (χ0n) is 15.8. The highest BCUT2D eigenvalue weighted by molar-refractivity contribution is 9.10. The minimum absolute atomic E-state index is 0. The van der Waals surface area contributed by atoms with Crippen LogP contribution < -0.4 is 29.3 Å². The summed E-state index contributed by atoms with van der Waals surface area (Å²) in [6.45, 7) is 2.65. The topological polar surface area (TPSA) is 38.3 Å². The molecule has 0 aliphatic carbocycles. The first-order valence-corrected chi connectivity index (χ1v) is 9.80. The Morgan fingerprint density at radius 3 is 2.56 bits per heavy atom. The molecule has 0 bridgehead atoms. The molecular weight excluding hydrogens is 519 g/mol. The maximum atomic E-state index is 12.5. The van der Waals surface area contributed by atoms with E-state index in [9.17, 15) is 4.79 Å². The van der Waals surface area contributed by atoms with Crippen LogP contribution in [-0.4, -0.2) is 43.7 Å². The van der Waals surface area contributed by atoms with Gasteiger partial charge in [-0.25, -0.2) is 0 Å². The molecule has 146 valence electrons. The fourth-order valence-electron chi connectivity index (χ4n) is 3.56. The molecule has 6 heteroatoms. The SMILES string of the molecule is C[N+](C)(Cc1cccc(NC(=O)c2cccc(Br)c2)c1)C1CCOCC1.[I-]. The fourth-order valence-corrected chi connectivity index (χ4v) is 3.96. The first-order chi connectivity index (χ1) is 12.4. The van der Waals surface area contributed by atoms with Crippen LogP contribution in [0.3, 0.4) is 0 Å². The molecular formula is C21H26BrIN2O2. The van der Waals surface area contributed by atoms with Gasteiger partial charge < -0.3 is 38.5 Å². The highest BCUT2D eigenvalue weighted by Crippen LogP contribution is 2.23. The van der Waals surface area contributed by atoms with E-state index in [-0.39, 0.29) is 29.9 Å². The second-order valence-electron chi connectivity index (χ2n) is 7.45. The summed E-state index contributed by atoms with van der Waals surface area (Å²) < 4.78 is 7.33. The summed E-state index contributed by atoms with van der Waals surface area (Å²) in [5.41, 5.74) is 2.70. The van der Waals surface area contributed by atoms with Crippen molar-refractivity contribution in [3.8, 4) is 0 Å². The Kier molecular flexibility index (Phi) is 8.27. The third kappa shape index (κ3) is 6.27. The predicted molar refractivity (Wildman–Crippen MR) is 108 cm³/mol. The number of halogens is 2. The van der Waals surface area contributed by atoms with Crippen molar-refractivity contribution in [1.29, 1.82) is 0 Å². The predicted octanol–water partition coefficient (Wildman–Crippen LogP) is 1.46. The summed E-state index contributed by atoms with van der Waals surface area (Å²) in [6, 6.07) is 16.2. The van der Waals surface area contributed by atoms with Gasteiger partial charge in [-0.2, -0.15) is 0 Å². The zero-order valence-corrected chi connectivity index (χ0v) is 19.5. The molecule has 2 aromatic carbocycles. The number of hydrogen-bond donors (Lipinski definition) is 1. The first kappa shape index (κ1) is 22.3. The Hall–Kier alpha value is -0.960. The molecule has 1 N–H and O–H groups in total. The number of carbonyl (C=O) groups is 1. The molecule has 1 aliphatic heterocycles. The number of hydrogen-bond acceptors (Lipinski definition) is 2. The van der Waals surface area contributed by atoms with Gasteiger partial charge in [0.15, 0.2) is 0 Å². The van der Waals surface area contributed by atoms with Crippen molar-refractivity contribution in [2.24, 2.45) is 0 Å². The third-order valence-electron chi connectivity index (χ3n) is 5.04. The highest BCUT2D eigenvalue weighted by atomic mass is 127. The second kappa shape index (κ2) is 10.0. The highest BCUT2D eigenvalue weighted by Gasteiger charge is 2.30. The van der Waals surface area contributed by atoms with Gasteiger partial charge in [0.2, 0.25) is 0 Å². The molecule has 0 atom stereocenters. The van der Waals surface area contributed by atoms with E-state index in [1.54, 1.807) is 0 Å². The maximum absolute atomic E-state index is 12.5. The van der Waals surface area contributed by atoms with Crippen molar-refractivity contribution in [3.05, 3.63) is 64.1 Å². The van der Waals surface area contributed by atoms with Crippen molar-refractivity contribution in [2.75, 3.05) is 32.6 Å². The summed E-state index contributed by atoms with van der Waals surface area (Å²) in [4.78, 5) is 12.5. The quantitative estimate of drug-likeness (QED) is 0.457. The average molecular weight is 545 g/mol. The van der Waals surface area contributed by atoms with Crippen molar-refractivity contribution in [3.63, 3.8) is 0 Å². The van der Waals surface area contributed by atoms with Crippen LogP contribution >= 0.6 is 15.9 Å². The van der Waals surface area contributed by atoms with Gasteiger partial charge in [-0.05, 0) is 30.3 Å². The molecule has 0 aromatic heterocycles. The molecule has 2 aromatic rings. The first-order valence-electron chi connectivity index (χ1n) is 9.00. The summed E-state index contributed by atoms with van der Waals surface area (Å²) in [7, 11) is 4.56. The molecule has 0 radical (unpaired) electrons. The molecule has 4 nitrogen and oxygen atoms in total. The van der Waals surface area contributed by atoms with Crippen LogP contribution in [0.2, 0.25) is 0 Å². The monoisotopic (exact) mass is 544 g/mol. The molecule has 0 saturated carbocycles. The van der Waals surface area contributed by atoms with E-state index < -0.39 is 0 Å². The number of quaternary nitrogens is 1. The van der Waals surface area contributed by atoms with E-state index in [0.29, 0.717) is 11.6 Å². The standard InChI is InChI=1S/C21H25BrN2O2.HI/c1-24(2,20-9-11-26-12-10-20)15-16-5-3-8-19(13-16)23-21(25)17-6-4-7-18(22)14-17;/h3-8,13-14,20H,9-12,15H2,1-2H3;1H. The summed E-state index contributed by atoms with van der Waals surface area (Å²) >= 11 is 3.41. The van der Waals surface area contributed by atoms with Crippen LogP contribution in [0.15, 0.2) is 53.0 Å². The molecule has 0 unspecified atom stereocenters. The lowest BCUT2D eigenvalue weighted by Crippen LogP contribution is -3.00. The lowest BCUT2D eigenvalue weighted by atomic mass is 10.0. The zero-order chi connectivity index (χ0) is 18.6. The summed E-state index contributed by atoms with van der Waals surface area (Å²) in [5.74, 6) is -0.0957. The number of benzene rings is 2. The van der Waals surface area contributed by atoms with Crippen LogP contribution in [0.1, 0.15) is 28.8 Å². The van der Waals surface area contributed by atoms with Crippen molar-refractivity contribution < 1.29 is 38.0 Å². The van der Waals surface area contributed by atoms with E-state index in [1.165, 1.54) is 5.56 Å². The molecule has 1 saturated heterocycles. The largest absolute Gasteiger partial charge is 1.00 e. The average Bonchev–Trinajstić information content (AvgIpc) is 2.62. The van der Waals surface area contributed by atoms with Crippen LogP contribution in [0.4, 0.5) is 5.69 Å². The van der Waals surface area contributed by atoms with Gasteiger partial charge in [0.1, 0.15) is 6.54 Å². The lowest BCUT2D eigenvalue weighted by Gasteiger charge is -2.40. The Morgan fingerprint density at radius 2 is 1.85 bits per heavy atom. The van der Waals surface area contributed by atoms with Crippen molar-refractivity contribution in [2.45, 2.75) is 25.4 Å². The second-order valence-corrected chi connectivity index (χ2v) is 8.36. The van der Waals surface area contributed by atoms with E-state index in [0.717, 1.165) is 47.2 Å². The number of anilines is 1. The van der Waals surface area contributed by atoms with E-state index in [4.69, 9.17) is 4.74 Å².